The zero-order chi connectivity index (χ0) is 22.1. The second-order valence-corrected chi connectivity index (χ2v) is 8.98. The van der Waals surface area contributed by atoms with E-state index in [2.05, 4.69) is 17.9 Å². The van der Waals surface area contributed by atoms with Gasteiger partial charge in [-0.05, 0) is 30.4 Å². The molecule has 162 valence electrons. The average Bonchev–Trinajstić information content (AvgIpc) is 3.38. The molecule has 2 aliphatic heterocycles. The second kappa shape index (κ2) is 8.73. The molecule has 2 aromatic heterocycles. The number of fused-ring (bicyclic) bond motifs is 1. The monoisotopic (exact) mass is 444 g/mol. The second-order valence-electron chi connectivity index (χ2n) is 8.20. The Hall–Kier alpha value is -3.21. The fraction of sp³-hybridized carbons (Fsp3) is 0.320. The number of piperazine rings is 1. The van der Waals surface area contributed by atoms with Crippen LogP contribution in [-0.4, -0.2) is 48.1 Å². The lowest BCUT2D eigenvalue weighted by molar-refractivity contribution is 0.0674. The normalized spacial score (nSPS) is 18.2. The summed E-state index contributed by atoms with van der Waals surface area (Å²) >= 11 is 1.53. The van der Waals surface area contributed by atoms with Crippen LogP contribution in [0.15, 0.2) is 47.2 Å². The van der Waals surface area contributed by atoms with Gasteiger partial charge in [0.1, 0.15) is 11.9 Å². The minimum absolute atomic E-state index is 0.0176. The van der Waals surface area contributed by atoms with Gasteiger partial charge in [-0.25, -0.2) is 4.98 Å². The Kier molecular flexibility index (Phi) is 5.64. The Bertz CT molecular complexity index is 1170. The maximum atomic E-state index is 12.9. The van der Waals surface area contributed by atoms with Crippen LogP contribution in [0.1, 0.15) is 34.0 Å². The first kappa shape index (κ1) is 20.7. The fourth-order valence-electron chi connectivity index (χ4n) is 4.62. The highest BCUT2D eigenvalue weighted by molar-refractivity contribution is 7.08. The lowest BCUT2D eigenvalue weighted by atomic mass is 9.93. The standard InChI is InChI=1S/C25H24N4O2S/c1-17-14-28(9-10-29(17)25(30)19-8-12-32-16-19)24-21(13-26)20-7-11-31-15-22(20)23(27-24)18-5-3-2-4-6-18/h2-6,8,12,16-17H,7,9-11,14-15H2,1H3. The molecule has 3 aromatic rings. The molecule has 1 atom stereocenters. The molecule has 0 aliphatic carbocycles. The molecular weight excluding hydrogens is 420 g/mol. The van der Waals surface area contributed by atoms with E-state index in [1.807, 2.05) is 52.1 Å². The van der Waals surface area contributed by atoms with Crippen molar-refractivity contribution in [3.05, 3.63) is 69.4 Å². The van der Waals surface area contributed by atoms with E-state index in [0.717, 1.165) is 33.8 Å². The van der Waals surface area contributed by atoms with E-state index in [1.165, 1.54) is 11.3 Å². The van der Waals surface area contributed by atoms with Gasteiger partial charge in [-0.2, -0.15) is 16.6 Å². The van der Waals surface area contributed by atoms with Crippen LogP contribution < -0.4 is 4.90 Å². The first-order valence-corrected chi connectivity index (χ1v) is 11.8. The Labute approximate surface area is 191 Å². The van der Waals surface area contributed by atoms with Crippen molar-refractivity contribution in [2.75, 3.05) is 31.1 Å². The van der Waals surface area contributed by atoms with E-state index < -0.39 is 0 Å². The van der Waals surface area contributed by atoms with Crippen LogP contribution in [-0.2, 0) is 17.8 Å². The number of carbonyl (C=O) groups is 1. The minimum atomic E-state index is 0.0176. The Balaban J connectivity index is 1.51. The van der Waals surface area contributed by atoms with Crippen molar-refractivity contribution in [1.82, 2.24) is 9.88 Å². The molecule has 2 aliphatic rings. The van der Waals surface area contributed by atoms with Crippen LogP contribution in [0, 0.1) is 11.3 Å². The van der Waals surface area contributed by atoms with Crippen LogP contribution in [0.5, 0.6) is 0 Å². The number of nitrogens with zero attached hydrogens (tertiary/aromatic N) is 4. The predicted octanol–water partition coefficient (Wildman–Crippen LogP) is 4.11. The van der Waals surface area contributed by atoms with E-state index in [9.17, 15) is 10.1 Å². The molecule has 0 spiro atoms. The third-order valence-corrected chi connectivity index (χ3v) is 6.93. The van der Waals surface area contributed by atoms with Gasteiger partial charge in [0.2, 0.25) is 0 Å². The lowest BCUT2D eigenvalue weighted by Crippen LogP contribution is -2.54. The number of amides is 1. The van der Waals surface area contributed by atoms with Crippen molar-refractivity contribution < 1.29 is 9.53 Å². The third-order valence-electron chi connectivity index (χ3n) is 6.25. The van der Waals surface area contributed by atoms with Crippen molar-refractivity contribution in [3.8, 4) is 17.3 Å². The zero-order valence-corrected chi connectivity index (χ0v) is 18.8. The summed E-state index contributed by atoms with van der Waals surface area (Å²) in [5.41, 5.74) is 5.37. The number of benzene rings is 1. The van der Waals surface area contributed by atoms with Gasteiger partial charge in [0, 0.05) is 42.2 Å². The molecule has 1 saturated heterocycles. The van der Waals surface area contributed by atoms with Gasteiger partial charge in [-0.3, -0.25) is 4.79 Å². The SMILES string of the molecule is CC1CN(c2nc(-c3ccccc3)c3c(c2C#N)CCOC3)CCN1C(=O)c1ccsc1. The summed E-state index contributed by atoms with van der Waals surface area (Å²) in [6, 6.07) is 14.4. The topological polar surface area (TPSA) is 69.5 Å². The number of nitriles is 1. The van der Waals surface area contributed by atoms with E-state index >= 15 is 0 Å². The van der Waals surface area contributed by atoms with Crippen molar-refractivity contribution in [2.45, 2.75) is 26.0 Å². The highest BCUT2D eigenvalue weighted by atomic mass is 32.1. The maximum absolute atomic E-state index is 12.9. The Morgan fingerprint density at radius 3 is 2.78 bits per heavy atom. The molecule has 0 saturated carbocycles. The van der Waals surface area contributed by atoms with Gasteiger partial charge in [-0.1, -0.05) is 30.3 Å². The number of anilines is 1. The van der Waals surface area contributed by atoms with Crippen molar-refractivity contribution in [2.24, 2.45) is 0 Å². The largest absolute Gasteiger partial charge is 0.376 e. The van der Waals surface area contributed by atoms with Gasteiger partial charge < -0.3 is 14.5 Å². The number of hydrogen-bond donors (Lipinski definition) is 0. The van der Waals surface area contributed by atoms with Crippen LogP contribution >= 0.6 is 11.3 Å². The van der Waals surface area contributed by atoms with Gasteiger partial charge in [-0.15, -0.1) is 0 Å². The number of pyridine rings is 1. The van der Waals surface area contributed by atoms with Crippen molar-refractivity contribution in [1.29, 1.82) is 5.26 Å². The smallest absolute Gasteiger partial charge is 0.255 e. The van der Waals surface area contributed by atoms with Gasteiger partial charge in [0.25, 0.3) is 5.91 Å². The minimum Gasteiger partial charge on any atom is -0.376 e. The van der Waals surface area contributed by atoms with Crippen molar-refractivity contribution in [3.63, 3.8) is 0 Å². The summed E-state index contributed by atoms with van der Waals surface area (Å²) in [5.74, 6) is 0.793. The summed E-state index contributed by atoms with van der Waals surface area (Å²) in [6.07, 6.45) is 0.708. The predicted molar refractivity (Wildman–Crippen MR) is 125 cm³/mol. The van der Waals surface area contributed by atoms with Crippen LogP contribution in [0.2, 0.25) is 0 Å². The van der Waals surface area contributed by atoms with Gasteiger partial charge in [0.05, 0.1) is 30.0 Å². The molecule has 1 unspecified atom stereocenters. The highest BCUT2D eigenvalue weighted by Crippen LogP contribution is 2.35. The summed E-state index contributed by atoms with van der Waals surface area (Å²) < 4.78 is 5.73. The molecular formula is C25H24N4O2S. The lowest BCUT2D eigenvalue weighted by Gasteiger charge is -2.41. The molecule has 4 heterocycles. The summed E-state index contributed by atoms with van der Waals surface area (Å²) in [4.78, 5) is 22.0. The van der Waals surface area contributed by atoms with Crippen LogP contribution in [0.4, 0.5) is 5.82 Å². The van der Waals surface area contributed by atoms with Gasteiger partial charge in [0.15, 0.2) is 0 Å². The molecule has 1 aromatic carbocycles. The third kappa shape index (κ3) is 3.66. The van der Waals surface area contributed by atoms with Crippen LogP contribution in [0.3, 0.4) is 0 Å². The number of rotatable bonds is 3. The van der Waals surface area contributed by atoms with E-state index in [0.29, 0.717) is 44.8 Å². The fourth-order valence-corrected chi connectivity index (χ4v) is 5.25. The number of ether oxygens (including phenoxy) is 1. The van der Waals surface area contributed by atoms with Crippen molar-refractivity contribution >= 4 is 23.1 Å². The molecule has 1 fully saturated rings. The summed E-state index contributed by atoms with van der Waals surface area (Å²) in [5, 5.41) is 13.9. The number of carbonyl (C=O) groups excluding carboxylic acids is 1. The summed E-state index contributed by atoms with van der Waals surface area (Å²) in [7, 11) is 0. The Morgan fingerprint density at radius 2 is 2.06 bits per heavy atom. The number of thiophene rings is 1. The highest BCUT2D eigenvalue weighted by Gasteiger charge is 2.32. The summed E-state index contributed by atoms with van der Waals surface area (Å²) in [6.45, 7) is 5.03. The quantitative estimate of drug-likeness (QED) is 0.608. The van der Waals surface area contributed by atoms with Crippen LogP contribution in [0.25, 0.3) is 11.3 Å². The molecule has 0 radical (unpaired) electrons. The Morgan fingerprint density at radius 1 is 1.22 bits per heavy atom. The average molecular weight is 445 g/mol. The molecule has 32 heavy (non-hydrogen) atoms. The van der Waals surface area contributed by atoms with E-state index in [4.69, 9.17) is 9.72 Å². The van der Waals surface area contributed by atoms with E-state index in [1.54, 1.807) is 0 Å². The van der Waals surface area contributed by atoms with Gasteiger partial charge >= 0.3 is 0 Å². The van der Waals surface area contributed by atoms with E-state index in [-0.39, 0.29) is 11.9 Å². The number of hydrogen-bond acceptors (Lipinski definition) is 6. The molecule has 1 amide bonds. The molecule has 6 nitrogen and oxygen atoms in total. The number of aromatic nitrogens is 1. The first-order chi connectivity index (χ1) is 15.7. The zero-order valence-electron chi connectivity index (χ0n) is 18.0. The maximum Gasteiger partial charge on any atom is 0.255 e. The first-order valence-electron chi connectivity index (χ1n) is 10.8. The molecule has 0 N–H and O–H groups in total. The molecule has 0 bridgehead atoms. The molecule has 5 rings (SSSR count). The molecule has 7 heteroatoms.